The van der Waals surface area contributed by atoms with Gasteiger partial charge in [-0.15, -0.1) is 10.2 Å². The topological polar surface area (TPSA) is 63.9 Å². The molecule has 1 unspecified atom stereocenters. The Bertz CT molecular complexity index is 775. The van der Waals surface area contributed by atoms with Gasteiger partial charge >= 0.3 is 0 Å². The average molecular weight is 404 g/mol. The summed E-state index contributed by atoms with van der Waals surface area (Å²) in [4.78, 5) is 18.9. The number of hydrogen-bond donors (Lipinski definition) is 0. The molecular weight excluding hydrogens is 382 g/mol. The molecule has 2 aromatic heterocycles. The van der Waals surface area contributed by atoms with Crippen LogP contribution >= 0.6 is 15.9 Å². The number of likely N-dealkylation sites (tertiary alicyclic amines) is 1. The van der Waals surface area contributed by atoms with Crippen molar-refractivity contribution in [2.75, 3.05) is 13.1 Å². The summed E-state index contributed by atoms with van der Waals surface area (Å²) in [6, 6.07) is 1.84. The molecule has 0 saturated carbocycles. The minimum absolute atomic E-state index is 0.0501. The first-order chi connectivity index (χ1) is 12.2. The van der Waals surface area contributed by atoms with Gasteiger partial charge < -0.3 is 9.47 Å². The quantitative estimate of drug-likeness (QED) is 0.772. The van der Waals surface area contributed by atoms with E-state index in [1.807, 2.05) is 11.0 Å². The highest BCUT2D eigenvalue weighted by Gasteiger charge is 2.30. The minimum atomic E-state index is 0.0501. The molecule has 0 N–H and O–H groups in total. The van der Waals surface area contributed by atoms with Crippen LogP contribution in [0, 0.1) is 0 Å². The van der Waals surface area contributed by atoms with E-state index in [-0.39, 0.29) is 11.8 Å². The molecule has 0 bridgehead atoms. The van der Waals surface area contributed by atoms with Crippen LogP contribution in [0.5, 0.6) is 0 Å². The van der Waals surface area contributed by atoms with Crippen LogP contribution in [0.2, 0.25) is 0 Å². The van der Waals surface area contributed by atoms with Gasteiger partial charge in [0.2, 0.25) is 0 Å². The fraction of sp³-hybridized carbons (Fsp3) is 0.556. The van der Waals surface area contributed by atoms with Gasteiger partial charge in [0, 0.05) is 48.8 Å². The highest BCUT2D eigenvalue weighted by molar-refractivity contribution is 9.10. The lowest BCUT2D eigenvalue weighted by molar-refractivity contribution is 0.0702. The molecule has 0 radical (unpaired) electrons. The summed E-state index contributed by atoms with van der Waals surface area (Å²) in [5.41, 5.74) is 0.634. The van der Waals surface area contributed by atoms with Crippen LogP contribution in [-0.4, -0.2) is 43.6 Å². The number of amides is 1. The van der Waals surface area contributed by atoms with Gasteiger partial charge in [0.25, 0.3) is 5.91 Å². The standard InChI is InChI=1S/C18H22BrN5O/c19-15-9-14(10-20-11-15)18(25)23-7-4-5-13(12-23)17-22-21-16-6-2-1-3-8-24(16)17/h9-11,13H,1-8,12H2. The Morgan fingerprint density at radius 1 is 1.12 bits per heavy atom. The maximum atomic E-state index is 12.8. The molecule has 0 spiro atoms. The monoisotopic (exact) mass is 403 g/mol. The van der Waals surface area contributed by atoms with Gasteiger partial charge in [-0.3, -0.25) is 9.78 Å². The van der Waals surface area contributed by atoms with Crippen molar-refractivity contribution in [2.45, 2.75) is 51.0 Å². The van der Waals surface area contributed by atoms with Gasteiger partial charge in [0.05, 0.1) is 5.56 Å². The second-order valence-corrected chi connectivity index (χ2v) is 7.83. The minimum Gasteiger partial charge on any atom is -0.338 e. The summed E-state index contributed by atoms with van der Waals surface area (Å²) >= 11 is 3.39. The van der Waals surface area contributed by atoms with E-state index in [0.717, 1.165) is 48.5 Å². The van der Waals surface area contributed by atoms with E-state index in [9.17, 15) is 4.79 Å². The number of fused-ring (bicyclic) bond motifs is 1. The van der Waals surface area contributed by atoms with Crippen LogP contribution in [0.4, 0.5) is 0 Å². The number of hydrogen-bond acceptors (Lipinski definition) is 4. The molecular formula is C18H22BrN5O. The molecule has 4 rings (SSSR count). The van der Waals surface area contributed by atoms with Crippen molar-refractivity contribution < 1.29 is 4.79 Å². The van der Waals surface area contributed by atoms with Gasteiger partial charge in [-0.25, -0.2) is 0 Å². The van der Waals surface area contributed by atoms with Gasteiger partial charge in [0.15, 0.2) is 0 Å². The van der Waals surface area contributed by atoms with E-state index in [0.29, 0.717) is 12.1 Å². The molecule has 2 aromatic rings. The normalized spacial score (nSPS) is 20.8. The summed E-state index contributed by atoms with van der Waals surface area (Å²) < 4.78 is 3.14. The molecule has 1 saturated heterocycles. The van der Waals surface area contributed by atoms with Crippen LogP contribution < -0.4 is 0 Å². The third kappa shape index (κ3) is 3.47. The average Bonchev–Trinajstić information content (AvgIpc) is 2.90. The summed E-state index contributed by atoms with van der Waals surface area (Å²) in [6.45, 7) is 2.52. The van der Waals surface area contributed by atoms with Crippen molar-refractivity contribution in [3.8, 4) is 0 Å². The van der Waals surface area contributed by atoms with E-state index in [4.69, 9.17) is 0 Å². The van der Waals surface area contributed by atoms with Crippen molar-refractivity contribution in [1.29, 1.82) is 0 Å². The van der Waals surface area contributed by atoms with Gasteiger partial charge in [-0.05, 0) is 47.7 Å². The molecule has 4 heterocycles. The number of carbonyl (C=O) groups excluding carboxylic acids is 1. The van der Waals surface area contributed by atoms with E-state index in [1.54, 1.807) is 12.4 Å². The first kappa shape index (κ1) is 16.7. The SMILES string of the molecule is O=C(c1cncc(Br)c1)N1CCCC(c2nnc3n2CCCCC3)C1. The van der Waals surface area contributed by atoms with Crippen molar-refractivity contribution in [2.24, 2.45) is 0 Å². The molecule has 25 heavy (non-hydrogen) atoms. The Kier molecular flexibility index (Phi) is 4.83. The first-order valence-electron chi connectivity index (χ1n) is 9.04. The lowest BCUT2D eigenvalue weighted by Gasteiger charge is -2.32. The summed E-state index contributed by atoms with van der Waals surface area (Å²) in [5.74, 6) is 2.51. The number of rotatable bonds is 2. The Labute approximate surface area is 155 Å². The predicted molar refractivity (Wildman–Crippen MR) is 97.4 cm³/mol. The van der Waals surface area contributed by atoms with Crippen LogP contribution in [0.1, 0.15) is 60.0 Å². The van der Waals surface area contributed by atoms with Crippen LogP contribution in [0.15, 0.2) is 22.9 Å². The lowest BCUT2D eigenvalue weighted by Crippen LogP contribution is -2.39. The lowest BCUT2D eigenvalue weighted by atomic mass is 9.96. The number of aromatic nitrogens is 4. The molecule has 132 valence electrons. The first-order valence-corrected chi connectivity index (χ1v) is 9.83. The maximum absolute atomic E-state index is 12.8. The summed E-state index contributed by atoms with van der Waals surface area (Å²) in [7, 11) is 0. The zero-order chi connectivity index (χ0) is 17.2. The Hall–Kier alpha value is -1.76. The molecule has 1 fully saturated rings. The van der Waals surface area contributed by atoms with Crippen molar-refractivity contribution in [3.05, 3.63) is 40.1 Å². The number of carbonyl (C=O) groups is 1. The third-order valence-corrected chi connectivity index (χ3v) is 5.60. The number of nitrogens with zero attached hydrogens (tertiary/aromatic N) is 5. The number of pyridine rings is 1. The van der Waals surface area contributed by atoms with E-state index < -0.39 is 0 Å². The molecule has 2 aliphatic rings. The molecule has 1 amide bonds. The zero-order valence-corrected chi connectivity index (χ0v) is 15.8. The van der Waals surface area contributed by atoms with Crippen molar-refractivity contribution >= 4 is 21.8 Å². The van der Waals surface area contributed by atoms with E-state index in [1.165, 1.54) is 19.3 Å². The Morgan fingerprint density at radius 2 is 2.04 bits per heavy atom. The van der Waals surface area contributed by atoms with Crippen molar-refractivity contribution in [1.82, 2.24) is 24.6 Å². The van der Waals surface area contributed by atoms with Gasteiger partial charge in [0.1, 0.15) is 11.6 Å². The number of piperidine rings is 1. The molecule has 2 aliphatic heterocycles. The smallest absolute Gasteiger partial charge is 0.255 e. The molecule has 1 atom stereocenters. The van der Waals surface area contributed by atoms with Gasteiger partial charge in [-0.1, -0.05) is 6.42 Å². The fourth-order valence-electron chi connectivity index (χ4n) is 3.89. The predicted octanol–water partition coefficient (Wildman–Crippen LogP) is 3.18. The van der Waals surface area contributed by atoms with E-state index >= 15 is 0 Å². The number of halogens is 1. The second kappa shape index (κ2) is 7.23. The largest absolute Gasteiger partial charge is 0.338 e. The fourth-order valence-corrected chi connectivity index (χ4v) is 4.26. The van der Waals surface area contributed by atoms with Crippen LogP contribution in [0.25, 0.3) is 0 Å². The van der Waals surface area contributed by atoms with Crippen molar-refractivity contribution in [3.63, 3.8) is 0 Å². The maximum Gasteiger partial charge on any atom is 0.255 e. The van der Waals surface area contributed by atoms with Crippen LogP contribution in [0.3, 0.4) is 0 Å². The highest BCUT2D eigenvalue weighted by atomic mass is 79.9. The highest BCUT2D eigenvalue weighted by Crippen LogP contribution is 2.28. The number of aryl methyl sites for hydroxylation is 1. The Balaban J connectivity index is 1.53. The second-order valence-electron chi connectivity index (χ2n) is 6.92. The molecule has 7 heteroatoms. The molecule has 0 aliphatic carbocycles. The molecule has 0 aromatic carbocycles. The van der Waals surface area contributed by atoms with E-state index in [2.05, 4.69) is 35.7 Å². The third-order valence-electron chi connectivity index (χ3n) is 5.16. The summed E-state index contributed by atoms with van der Waals surface area (Å²) in [6.07, 6.45) is 10.1. The zero-order valence-electron chi connectivity index (χ0n) is 14.2. The van der Waals surface area contributed by atoms with Crippen LogP contribution in [-0.2, 0) is 13.0 Å². The van der Waals surface area contributed by atoms with Gasteiger partial charge in [-0.2, -0.15) is 0 Å². The summed E-state index contributed by atoms with van der Waals surface area (Å²) in [5, 5.41) is 8.92. The molecule has 6 nitrogen and oxygen atoms in total. The Morgan fingerprint density at radius 3 is 2.92 bits per heavy atom.